The molecule has 0 amide bonds. The lowest BCUT2D eigenvalue weighted by Crippen LogP contribution is -2.21. The molecule has 0 heterocycles. The van der Waals surface area contributed by atoms with Gasteiger partial charge in [0.25, 0.3) is 0 Å². The van der Waals surface area contributed by atoms with Crippen molar-refractivity contribution in [1.82, 2.24) is 0 Å². The van der Waals surface area contributed by atoms with Crippen LogP contribution in [-0.4, -0.2) is 14.5 Å². The van der Waals surface area contributed by atoms with Gasteiger partial charge in [-0.2, -0.15) is 4.39 Å². The molecule has 1 aromatic carbocycles. The molecule has 1 fully saturated rings. The first-order valence-electron chi connectivity index (χ1n) is 7.48. The topological polar surface area (TPSA) is 9.23 Å². The highest BCUT2D eigenvalue weighted by Gasteiger charge is 2.21. The van der Waals surface area contributed by atoms with Crippen molar-refractivity contribution in [2.45, 2.75) is 45.4 Å². The largest absolute Gasteiger partial charge is 0.490 e. The van der Waals surface area contributed by atoms with Crippen LogP contribution >= 0.6 is 0 Å². The lowest BCUT2D eigenvalue weighted by atomic mass is 9.80. The van der Waals surface area contributed by atoms with Crippen molar-refractivity contribution in [2.75, 3.05) is 6.61 Å². The van der Waals surface area contributed by atoms with E-state index in [-0.39, 0.29) is 11.2 Å². The zero-order valence-corrected chi connectivity index (χ0v) is 12.0. The highest BCUT2D eigenvalue weighted by atomic mass is 19.2. The summed E-state index contributed by atoms with van der Waals surface area (Å²) in [7, 11) is 5.30. The maximum absolute atomic E-state index is 13.6. The molecule has 2 radical (unpaired) electrons. The van der Waals surface area contributed by atoms with E-state index in [1.165, 1.54) is 37.8 Å². The predicted molar refractivity (Wildman–Crippen MR) is 77.6 cm³/mol. The summed E-state index contributed by atoms with van der Waals surface area (Å²) in [6, 6.07) is 2.74. The number of hydrogen-bond donors (Lipinski definition) is 0. The molecule has 2 rings (SSSR count). The second-order valence-electron chi connectivity index (χ2n) is 5.77. The summed E-state index contributed by atoms with van der Waals surface area (Å²) in [6.07, 6.45) is 7.21. The molecule has 20 heavy (non-hydrogen) atoms. The van der Waals surface area contributed by atoms with E-state index in [1.807, 2.05) is 0 Å². The fourth-order valence-corrected chi connectivity index (χ4v) is 2.96. The minimum absolute atomic E-state index is 0.0348. The van der Waals surface area contributed by atoms with E-state index in [2.05, 4.69) is 6.92 Å². The molecule has 1 aliphatic carbocycles. The Bertz CT molecular complexity index is 442. The molecule has 0 bridgehead atoms. The predicted octanol–water partition coefficient (Wildman–Crippen LogP) is 3.74. The first-order valence-corrected chi connectivity index (χ1v) is 7.48. The highest BCUT2D eigenvalue weighted by Crippen LogP contribution is 2.32. The molecule has 108 valence electrons. The molecule has 0 atom stereocenters. The Labute approximate surface area is 121 Å². The number of halogens is 2. The molecule has 4 heteroatoms. The van der Waals surface area contributed by atoms with E-state index in [4.69, 9.17) is 12.6 Å². The molecular weight excluding hydrogens is 257 g/mol. The molecule has 0 unspecified atom stereocenters. The Morgan fingerprint density at radius 1 is 1.10 bits per heavy atom. The van der Waals surface area contributed by atoms with Crippen molar-refractivity contribution in [3.8, 4) is 5.75 Å². The Balaban J connectivity index is 1.83. The molecule has 1 nitrogen and oxygen atoms in total. The normalized spacial score (nSPS) is 22.8. The van der Waals surface area contributed by atoms with Gasteiger partial charge in [0, 0.05) is 0 Å². The Morgan fingerprint density at radius 2 is 1.75 bits per heavy atom. The Hall–Kier alpha value is -1.06. The first-order chi connectivity index (χ1) is 9.61. The summed E-state index contributed by atoms with van der Waals surface area (Å²) in [4.78, 5) is 0. The van der Waals surface area contributed by atoms with Gasteiger partial charge in [-0.25, -0.2) is 4.39 Å². The maximum Gasteiger partial charge on any atom is 0.199 e. The minimum atomic E-state index is -1.02. The summed E-state index contributed by atoms with van der Waals surface area (Å²) in [5, 5.41) is 0. The van der Waals surface area contributed by atoms with Crippen LogP contribution < -0.4 is 10.2 Å². The van der Waals surface area contributed by atoms with Crippen molar-refractivity contribution >= 4 is 13.3 Å². The van der Waals surface area contributed by atoms with Gasteiger partial charge in [0.05, 0.1) is 6.61 Å². The Morgan fingerprint density at radius 3 is 2.40 bits per heavy atom. The van der Waals surface area contributed by atoms with Crippen LogP contribution in [0.2, 0.25) is 0 Å². The summed E-state index contributed by atoms with van der Waals surface area (Å²) in [5.41, 5.74) is -0.185. The van der Waals surface area contributed by atoms with E-state index in [9.17, 15) is 8.78 Å². The third-order valence-electron chi connectivity index (χ3n) is 4.21. The third kappa shape index (κ3) is 3.74. The van der Waals surface area contributed by atoms with E-state index in [1.54, 1.807) is 0 Å². The van der Waals surface area contributed by atoms with Crippen LogP contribution in [-0.2, 0) is 0 Å². The monoisotopic (exact) mass is 278 g/mol. The lowest BCUT2D eigenvalue weighted by molar-refractivity contribution is 0.173. The van der Waals surface area contributed by atoms with Crippen molar-refractivity contribution < 1.29 is 13.5 Å². The van der Waals surface area contributed by atoms with Gasteiger partial charge < -0.3 is 4.74 Å². The lowest BCUT2D eigenvalue weighted by Gasteiger charge is -2.28. The summed E-state index contributed by atoms with van der Waals surface area (Å²) >= 11 is 0. The summed E-state index contributed by atoms with van der Waals surface area (Å²) in [6.45, 7) is 2.67. The smallest absolute Gasteiger partial charge is 0.199 e. The standard InChI is InChI=1S/C16H21BF2O/c1-2-3-11-4-6-12(7-5-11)10-20-14-9-8-13(17)15(18)16(14)19/h8-9,11-12H,2-7,10H2,1H3. The van der Waals surface area contributed by atoms with Crippen LogP contribution in [0.1, 0.15) is 45.4 Å². The second-order valence-corrected chi connectivity index (χ2v) is 5.77. The molecule has 1 saturated carbocycles. The van der Waals surface area contributed by atoms with Crippen molar-refractivity contribution in [3.63, 3.8) is 0 Å². The molecule has 1 aromatic rings. The van der Waals surface area contributed by atoms with Crippen LogP contribution in [0.4, 0.5) is 8.78 Å². The average Bonchev–Trinajstić information content (AvgIpc) is 2.46. The average molecular weight is 278 g/mol. The molecular formula is C16H21BF2O. The number of benzene rings is 1. The van der Waals surface area contributed by atoms with Crippen molar-refractivity contribution in [1.29, 1.82) is 0 Å². The fourth-order valence-electron chi connectivity index (χ4n) is 2.96. The van der Waals surface area contributed by atoms with Crippen molar-refractivity contribution in [2.24, 2.45) is 11.8 Å². The number of ether oxygens (including phenoxy) is 1. The summed E-state index contributed by atoms with van der Waals surface area (Å²) < 4.78 is 32.3. The van der Waals surface area contributed by atoms with Gasteiger partial charge in [-0.05, 0) is 30.7 Å². The summed E-state index contributed by atoms with van der Waals surface area (Å²) in [5.74, 6) is -0.753. The second kappa shape index (κ2) is 7.10. The fraction of sp³-hybridized carbons (Fsp3) is 0.625. The van der Waals surface area contributed by atoms with Gasteiger partial charge in [0.15, 0.2) is 17.4 Å². The van der Waals surface area contributed by atoms with E-state index < -0.39 is 11.6 Å². The molecule has 1 aliphatic rings. The van der Waals surface area contributed by atoms with Gasteiger partial charge in [-0.1, -0.05) is 44.1 Å². The maximum atomic E-state index is 13.6. The van der Waals surface area contributed by atoms with Crippen LogP contribution in [0.25, 0.3) is 0 Å². The van der Waals surface area contributed by atoms with Crippen LogP contribution in [0.15, 0.2) is 12.1 Å². The molecule has 0 aliphatic heterocycles. The molecule has 0 N–H and O–H groups in total. The zero-order chi connectivity index (χ0) is 14.5. The quantitative estimate of drug-likeness (QED) is 0.745. The van der Waals surface area contributed by atoms with E-state index in [0.717, 1.165) is 18.8 Å². The van der Waals surface area contributed by atoms with Gasteiger partial charge in [0.1, 0.15) is 7.85 Å². The molecule has 0 aromatic heterocycles. The zero-order valence-electron chi connectivity index (χ0n) is 12.0. The molecule has 0 saturated heterocycles. The number of rotatable bonds is 5. The van der Waals surface area contributed by atoms with Crippen LogP contribution in [0.5, 0.6) is 5.75 Å². The molecule has 0 spiro atoms. The van der Waals surface area contributed by atoms with Crippen LogP contribution in [0, 0.1) is 23.5 Å². The first kappa shape index (κ1) is 15.3. The highest BCUT2D eigenvalue weighted by molar-refractivity contribution is 6.32. The van der Waals surface area contributed by atoms with Gasteiger partial charge >= 0.3 is 0 Å². The third-order valence-corrected chi connectivity index (χ3v) is 4.21. The van der Waals surface area contributed by atoms with E-state index in [0.29, 0.717) is 12.5 Å². The van der Waals surface area contributed by atoms with Gasteiger partial charge in [-0.3, -0.25) is 0 Å². The SMILES string of the molecule is [B]c1ccc(OCC2CCC(CCC)CC2)c(F)c1F. The van der Waals surface area contributed by atoms with Gasteiger partial charge in [0.2, 0.25) is 0 Å². The van der Waals surface area contributed by atoms with Crippen molar-refractivity contribution in [3.05, 3.63) is 23.8 Å². The van der Waals surface area contributed by atoms with Crippen LogP contribution in [0.3, 0.4) is 0 Å². The Kier molecular flexibility index (Phi) is 5.44. The van der Waals surface area contributed by atoms with E-state index >= 15 is 0 Å². The van der Waals surface area contributed by atoms with Gasteiger partial charge in [-0.15, -0.1) is 0 Å². The number of hydrogen-bond acceptors (Lipinski definition) is 1. The minimum Gasteiger partial charge on any atom is -0.490 e.